The molecule has 2 N–H and O–H groups in total. The van der Waals surface area contributed by atoms with Crippen molar-refractivity contribution >= 4 is 11.9 Å². The molecule has 7 rings (SSSR count). The SMILES string of the molecule is C[C@H]1C=C2O[C@H]3C[C@@H]4OC(=O)/C=C\CC[C@]56OCC/C(=C/C(=O)OC[C@@]2(CC1)[C@@]4(C)[C@@]31CO1)[C@H]5O[C@H](O)[C@H]6O. The summed E-state index contributed by atoms with van der Waals surface area (Å²) in [4.78, 5) is 26.5. The molecule has 2 aliphatic carbocycles. The van der Waals surface area contributed by atoms with Crippen molar-refractivity contribution < 1.29 is 48.2 Å². The van der Waals surface area contributed by atoms with E-state index in [0.717, 1.165) is 12.2 Å². The third-order valence-corrected chi connectivity index (χ3v) is 10.7. The quantitative estimate of drug-likeness (QED) is 0.344. The van der Waals surface area contributed by atoms with Gasteiger partial charge in [0, 0.05) is 18.6 Å². The van der Waals surface area contributed by atoms with Gasteiger partial charge >= 0.3 is 11.9 Å². The number of hydrogen-bond donors (Lipinski definition) is 2. The van der Waals surface area contributed by atoms with Crippen LogP contribution in [0.2, 0.25) is 0 Å². The fourth-order valence-corrected chi connectivity index (χ4v) is 8.36. The highest BCUT2D eigenvalue weighted by Crippen LogP contribution is 2.73. The van der Waals surface area contributed by atoms with E-state index in [4.69, 9.17) is 28.4 Å². The molecule has 5 heterocycles. The Hall–Kier alpha value is -2.24. The molecule has 0 radical (unpaired) electrons. The Balaban J connectivity index is 1.30. The number of aliphatic hydroxyl groups is 2. The number of ether oxygens (including phenoxy) is 6. The maximum Gasteiger partial charge on any atom is 0.330 e. The summed E-state index contributed by atoms with van der Waals surface area (Å²) in [5.74, 6) is 0.0854. The lowest BCUT2D eigenvalue weighted by atomic mass is 9.52. The van der Waals surface area contributed by atoms with Gasteiger partial charge in [-0.2, -0.15) is 0 Å². The number of rotatable bonds is 0. The first kappa shape index (κ1) is 25.7. The minimum Gasteiger partial charge on any atom is -0.491 e. The second-order valence-corrected chi connectivity index (χ2v) is 12.5. The summed E-state index contributed by atoms with van der Waals surface area (Å²) in [6.45, 7) is 5.04. The average molecular weight is 545 g/mol. The molecule has 212 valence electrons. The molecule has 7 aliphatic rings. The van der Waals surface area contributed by atoms with Crippen molar-refractivity contribution in [3.63, 3.8) is 0 Å². The molecule has 0 aromatic heterocycles. The normalized spacial score (nSPS) is 52.8. The lowest BCUT2D eigenvalue weighted by Crippen LogP contribution is -2.62. The van der Waals surface area contributed by atoms with Crippen LogP contribution in [-0.2, 0) is 38.0 Å². The van der Waals surface area contributed by atoms with Crippen LogP contribution in [0.15, 0.2) is 35.6 Å². The van der Waals surface area contributed by atoms with Crippen molar-refractivity contribution in [3.8, 4) is 0 Å². The van der Waals surface area contributed by atoms with Crippen LogP contribution >= 0.6 is 0 Å². The molecule has 1 saturated carbocycles. The second kappa shape index (κ2) is 8.63. The van der Waals surface area contributed by atoms with Gasteiger partial charge in [0.25, 0.3) is 0 Å². The summed E-state index contributed by atoms with van der Waals surface area (Å²) in [5, 5.41) is 21.2. The summed E-state index contributed by atoms with van der Waals surface area (Å²) in [6, 6.07) is 0. The molecular weight excluding hydrogens is 508 g/mol. The zero-order valence-electron chi connectivity index (χ0n) is 22.3. The van der Waals surface area contributed by atoms with Crippen LogP contribution in [0.1, 0.15) is 52.4 Å². The maximum atomic E-state index is 13.4. The van der Waals surface area contributed by atoms with Crippen LogP contribution in [0.5, 0.6) is 0 Å². The van der Waals surface area contributed by atoms with E-state index in [1.54, 1.807) is 6.08 Å². The number of aliphatic hydroxyl groups excluding tert-OH is 2. The van der Waals surface area contributed by atoms with Crippen LogP contribution in [0, 0.1) is 16.7 Å². The molecule has 39 heavy (non-hydrogen) atoms. The molecule has 10 atom stereocenters. The van der Waals surface area contributed by atoms with Gasteiger partial charge in [0.05, 0.1) is 24.0 Å². The molecule has 10 heteroatoms. The van der Waals surface area contributed by atoms with Gasteiger partial charge in [-0.1, -0.05) is 19.9 Å². The number of epoxide rings is 1. The number of allylic oxidation sites excluding steroid dienone is 2. The van der Waals surface area contributed by atoms with Gasteiger partial charge in [0.1, 0.15) is 48.0 Å². The third kappa shape index (κ3) is 3.38. The molecule has 5 aliphatic heterocycles. The van der Waals surface area contributed by atoms with E-state index in [1.165, 1.54) is 12.2 Å². The largest absolute Gasteiger partial charge is 0.491 e. The Labute approximate surface area is 226 Å². The molecule has 0 aromatic rings. The van der Waals surface area contributed by atoms with E-state index >= 15 is 0 Å². The van der Waals surface area contributed by atoms with E-state index in [0.29, 0.717) is 43.8 Å². The predicted octanol–water partition coefficient (Wildman–Crippen LogP) is 1.83. The fourth-order valence-electron chi connectivity index (χ4n) is 8.36. The molecule has 5 fully saturated rings. The first-order valence-corrected chi connectivity index (χ1v) is 14.1. The van der Waals surface area contributed by atoms with Gasteiger partial charge in [-0.25, -0.2) is 9.59 Å². The molecule has 4 saturated heterocycles. The standard InChI is InChI=1S/C29H36O10/c1-16-6-9-27-14-34-22(31)12-17-7-10-35-28(23(32)25(33)39-24(17)28)8-4-3-5-21(30)38-18-13-20(37-19(27)11-16)29(15-36-29)26(18,27)2/h3,5,11-12,16,18,20,23-25,32-33H,4,6-10,13-15H2,1-2H3/b5-3-,17-12-/t16-,18+,20+,23-,24-,25+,26+,27-,28-,29-/m1/s1. The van der Waals surface area contributed by atoms with Crippen LogP contribution in [0.4, 0.5) is 0 Å². The summed E-state index contributed by atoms with van der Waals surface area (Å²) >= 11 is 0. The molecule has 0 amide bonds. The summed E-state index contributed by atoms with van der Waals surface area (Å²) < 4.78 is 36.6. The highest BCUT2D eigenvalue weighted by molar-refractivity contribution is 5.83. The second-order valence-electron chi connectivity index (χ2n) is 12.5. The molecule has 2 spiro atoms. The van der Waals surface area contributed by atoms with E-state index in [9.17, 15) is 19.8 Å². The Morgan fingerprint density at radius 3 is 2.64 bits per heavy atom. The van der Waals surface area contributed by atoms with E-state index in [2.05, 4.69) is 19.9 Å². The van der Waals surface area contributed by atoms with Gasteiger partial charge in [-0.3, -0.25) is 0 Å². The highest BCUT2D eigenvalue weighted by atomic mass is 16.7. The fraction of sp³-hybridized carbons (Fsp3) is 0.724. The molecule has 0 unspecified atom stereocenters. The number of cyclic esters (lactones) is 1. The number of carbonyl (C=O) groups excluding carboxylic acids is 2. The zero-order valence-corrected chi connectivity index (χ0v) is 22.3. The zero-order chi connectivity index (χ0) is 27.2. The minimum absolute atomic E-state index is 0.0464. The van der Waals surface area contributed by atoms with Crippen molar-refractivity contribution in [1.29, 1.82) is 0 Å². The van der Waals surface area contributed by atoms with Crippen LogP contribution in [0.3, 0.4) is 0 Å². The third-order valence-electron chi connectivity index (χ3n) is 10.7. The van der Waals surface area contributed by atoms with Crippen LogP contribution in [-0.4, -0.2) is 83.9 Å². The number of esters is 2. The first-order valence-electron chi connectivity index (χ1n) is 14.1. The van der Waals surface area contributed by atoms with Gasteiger partial charge in [-0.15, -0.1) is 0 Å². The highest BCUT2D eigenvalue weighted by Gasteiger charge is 2.83. The van der Waals surface area contributed by atoms with E-state index in [-0.39, 0.29) is 25.7 Å². The average Bonchev–Trinajstić information content (AvgIpc) is 3.64. The van der Waals surface area contributed by atoms with Crippen molar-refractivity contribution in [2.45, 2.75) is 94.3 Å². The van der Waals surface area contributed by atoms with Crippen molar-refractivity contribution in [2.24, 2.45) is 16.7 Å². The monoisotopic (exact) mass is 544 g/mol. The van der Waals surface area contributed by atoms with Crippen molar-refractivity contribution in [2.75, 3.05) is 19.8 Å². The van der Waals surface area contributed by atoms with Crippen molar-refractivity contribution in [3.05, 3.63) is 35.6 Å². The molecule has 4 bridgehead atoms. The summed E-state index contributed by atoms with van der Waals surface area (Å²) in [6.07, 6.45) is 5.45. The summed E-state index contributed by atoms with van der Waals surface area (Å²) in [5.41, 5.74) is -2.61. The van der Waals surface area contributed by atoms with Gasteiger partial charge in [0.2, 0.25) is 0 Å². The summed E-state index contributed by atoms with van der Waals surface area (Å²) in [7, 11) is 0. The van der Waals surface area contributed by atoms with Gasteiger partial charge < -0.3 is 38.6 Å². The minimum atomic E-state index is -1.46. The number of hydrogen-bond acceptors (Lipinski definition) is 10. The van der Waals surface area contributed by atoms with Gasteiger partial charge in [0.15, 0.2) is 6.29 Å². The lowest BCUT2D eigenvalue weighted by Gasteiger charge is -2.56. The first-order chi connectivity index (χ1) is 18.7. The van der Waals surface area contributed by atoms with E-state index < -0.39 is 58.6 Å². The number of carbonyl (C=O) groups is 2. The Morgan fingerprint density at radius 1 is 1.03 bits per heavy atom. The lowest BCUT2D eigenvalue weighted by molar-refractivity contribution is -0.188. The van der Waals surface area contributed by atoms with Crippen molar-refractivity contribution in [1.82, 2.24) is 0 Å². The Bertz CT molecular complexity index is 1170. The van der Waals surface area contributed by atoms with Gasteiger partial charge in [-0.05, 0) is 49.7 Å². The Morgan fingerprint density at radius 2 is 1.85 bits per heavy atom. The topological polar surface area (TPSA) is 133 Å². The smallest absolute Gasteiger partial charge is 0.330 e. The molecule has 10 nitrogen and oxygen atoms in total. The Kier molecular flexibility index (Phi) is 5.69. The van der Waals surface area contributed by atoms with E-state index in [1.807, 2.05) is 0 Å². The predicted molar refractivity (Wildman–Crippen MR) is 133 cm³/mol. The van der Waals surface area contributed by atoms with Crippen LogP contribution < -0.4 is 0 Å². The molecular formula is C29H36O10. The maximum absolute atomic E-state index is 13.4. The molecule has 0 aromatic carbocycles. The van der Waals surface area contributed by atoms with Crippen LogP contribution in [0.25, 0.3) is 0 Å².